The molecule has 2 rings (SSSR count). The Hall–Kier alpha value is -1.91. The molecule has 0 fully saturated rings. The van der Waals surface area contributed by atoms with Crippen molar-refractivity contribution in [3.8, 4) is 0 Å². The van der Waals surface area contributed by atoms with Gasteiger partial charge in [0, 0.05) is 12.6 Å². The summed E-state index contributed by atoms with van der Waals surface area (Å²) in [5.74, 6) is -2.01. The zero-order valence-corrected chi connectivity index (χ0v) is 11.3. The molecule has 1 aliphatic rings. The molecule has 0 aliphatic heterocycles. The minimum absolute atomic E-state index is 0.126. The van der Waals surface area contributed by atoms with Gasteiger partial charge in [0.05, 0.1) is 18.4 Å². The Balaban J connectivity index is 2.10. The van der Waals surface area contributed by atoms with Crippen LogP contribution in [0.1, 0.15) is 29.6 Å². The first kappa shape index (κ1) is 14.5. The number of ether oxygens (including phenoxy) is 1. The van der Waals surface area contributed by atoms with Crippen LogP contribution in [0.25, 0.3) is 0 Å². The predicted molar refractivity (Wildman–Crippen MR) is 72.7 cm³/mol. The normalized spacial score (nSPS) is 17.9. The highest BCUT2D eigenvalue weighted by Gasteiger charge is 2.17. The van der Waals surface area contributed by atoms with Gasteiger partial charge in [0.1, 0.15) is 11.6 Å². The fraction of sp³-hybridized carbons (Fsp3) is 0.400. The van der Waals surface area contributed by atoms with Crippen LogP contribution >= 0.6 is 0 Å². The molecule has 1 aromatic carbocycles. The zero-order chi connectivity index (χ0) is 14.5. The number of benzene rings is 1. The largest absolute Gasteiger partial charge is 0.465 e. The third-order valence-electron chi connectivity index (χ3n) is 3.42. The average molecular weight is 281 g/mol. The topological polar surface area (TPSA) is 38.3 Å². The highest BCUT2D eigenvalue weighted by Crippen LogP contribution is 2.23. The first-order valence-electron chi connectivity index (χ1n) is 6.58. The fourth-order valence-electron chi connectivity index (χ4n) is 2.25. The lowest BCUT2D eigenvalue weighted by Crippen LogP contribution is -2.17. The first-order chi connectivity index (χ1) is 9.61. The lowest BCUT2D eigenvalue weighted by Gasteiger charge is -2.19. The van der Waals surface area contributed by atoms with Gasteiger partial charge in [-0.3, -0.25) is 0 Å². The number of hydrogen-bond donors (Lipinski definition) is 1. The van der Waals surface area contributed by atoms with Crippen molar-refractivity contribution in [1.82, 2.24) is 0 Å². The maximum atomic E-state index is 13.7. The van der Waals surface area contributed by atoms with Crippen molar-refractivity contribution in [3.05, 3.63) is 41.5 Å². The molecule has 1 aromatic rings. The predicted octanol–water partition coefficient (Wildman–Crippen LogP) is 3.52. The molecule has 20 heavy (non-hydrogen) atoms. The van der Waals surface area contributed by atoms with Crippen LogP contribution in [0.15, 0.2) is 24.3 Å². The molecule has 5 heteroatoms. The van der Waals surface area contributed by atoms with Crippen molar-refractivity contribution in [2.75, 3.05) is 19.0 Å². The van der Waals surface area contributed by atoms with E-state index in [0.717, 1.165) is 32.4 Å². The molecular formula is C15H17F2NO2. The van der Waals surface area contributed by atoms with E-state index in [-0.39, 0.29) is 11.3 Å². The molecule has 0 amide bonds. The monoisotopic (exact) mass is 281 g/mol. The summed E-state index contributed by atoms with van der Waals surface area (Å²) >= 11 is 0. The van der Waals surface area contributed by atoms with Crippen molar-refractivity contribution >= 4 is 11.7 Å². The van der Waals surface area contributed by atoms with Gasteiger partial charge in [-0.1, -0.05) is 12.2 Å². The lowest BCUT2D eigenvalue weighted by molar-refractivity contribution is 0.0595. The number of carbonyl (C=O) groups is 1. The van der Waals surface area contributed by atoms with Crippen LogP contribution in [-0.4, -0.2) is 19.6 Å². The van der Waals surface area contributed by atoms with Crippen LogP contribution in [0, 0.1) is 17.6 Å². The lowest BCUT2D eigenvalue weighted by atomic mass is 9.94. The van der Waals surface area contributed by atoms with Gasteiger partial charge in [-0.25, -0.2) is 13.6 Å². The second-order valence-corrected chi connectivity index (χ2v) is 4.83. The molecule has 108 valence electrons. The van der Waals surface area contributed by atoms with Gasteiger partial charge >= 0.3 is 5.97 Å². The van der Waals surface area contributed by atoms with Gasteiger partial charge in [-0.05, 0) is 31.2 Å². The highest BCUT2D eigenvalue weighted by molar-refractivity contribution is 5.90. The molecule has 0 saturated heterocycles. The Labute approximate surface area is 116 Å². The number of esters is 1. The first-order valence-corrected chi connectivity index (χ1v) is 6.58. The number of nitrogens with one attached hydrogen (secondary N) is 1. The van der Waals surface area contributed by atoms with E-state index in [0.29, 0.717) is 18.5 Å². The number of rotatable bonds is 4. The molecule has 1 N–H and O–H groups in total. The van der Waals surface area contributed by atoms with E-state index in [1.54, 1.807) is 0 Å². The van der Waals surface area contributed by atoms with Gasteiger partial charge < -0.3 is 10.1 Å². The molecule has 1 unspecified atom stereocenters. The Bertz CT molecular complexity index is 529. The maximum Gasteiger partial charge on any atom is 0.340 e. The number of allylic oxidation sites excluding steroid dienone is 2. The summed E-state index contributed by atoms with van der Waals surface area (Å²) in [4.78, 5) is 11.4. The molecule has 0 bridgehead atoms. The van der Waals surface area contributed by atoms with Gasteiger partial charge in [0.25, 0.3) is 0 Å². The van der Waals surface area contributed by atoms with Crippen LogP contribution < -0.4 is 5.32 Å². The van der Waals surface area contributed by atoms with E-state index >= 15 is 0 Å². The Morgan fingerprint density at radius 2 is 2.15 bits per heavy atom. The van der Waals surface area contributed by atoms with Gasteiger partial charge in [0.15, 0.2) is 0 Å². The molecule has 0 saturated carbocycles. The van der Waals surface area contributed by atoms with Crippen molar-refractivity contribution in [2.45, 2.75) is 19.3 Å². The summed E-state index contributed by atoms with van der Waals surface area (Å²) in [5, 5.41) is 2.95. The Morgan fingerprint density at radius 3 is 2.80 bits per heavy atom. The third kappa shape index (κ3) is 3.35. The van der Waals surface area contributed by atoms with Crippen LogP contribution in [-0.2, 0) is 4.74 Å². The van der Waals surface area contributed by atoms with E-state index in [1.807, 2.05) is 0 Å². The second kappa shape index (κ2) is 6.50. The van der Waals surface area contributed by atoms with E-state index in [4.69, 9.17) is 0 Å². The molecule has 1 aliphatic carbocycles. The van der Waals surface area contributed by atoms with Crippen molar-refractivity contribution in [2.24, 2.45) is 5.92 Å². The Kier molecular flexibility index (Phi) is 4.71. The van der Waals surface area contributed by atoms with E-state index in [2.05, 4.69) is 22.2 Å². The number of halogens is 2. The molecular weight excluding hydrogens is 264 g/mol. The molecule has 1 atom stereocenters. The summed E-state index contributed by atoms with van der Waals surface area (Å²) in [6.07, 6.45) is 7.24. The third-order valence-corrected chi connectivity index (χ3v) is 3.42. The molecule has 0 heterocycles. The van der Waals surface area contributed by atoms with Crippen LogP contribution in [0.5, 0.6) is 0 Å². The second-order valence-electron chi connectivity index (χ2n) is 4.83. The standard InChI is InChI=1S/C15H17F2NO2/c1-20-15(19)11-7-14(13(17)8-12(11)16)18-9-10-5-3-2-4-6-10/h2-3,7-8,10,18H,4-6,9H2,1H3. The van der Waals surface area contributed by atoms with Crippen molar-refractivity contribution in [3.63, 3.8) is 0 Å². The summed E-state index contributed by atoms with van der Waals surface area (Å²) in [6.45, 7) is 0.591. The minimum atomic E-state index is -0.916. The van der Waals surface area contributed by atoms with Gasteiger partial charge in [-0.15, -0.1) is 0 Å². The van der Waals surface area contributed by atoms with Crippen molar-refractivity contribution < 1.29 is 18.3 Å². The van der Waals surface area contributed by atoms with Gasteiger partial charge in [-0.2, -0.15) is 0 Å². The smallest absolute Gasteiger partial charge is 0.340 e. The quantitative estimate of drug-likeness (QED) is 0.678. The highest BCUT2D eigenvalue weighted by atomic mass is 19.1. The fourth-order valence-corrected chi connectivity index (χ4v) is 2.25. The summed E-state index contributed by atoms with van der Waals surface area (Å²) in [7, 11) is 1.16. The van der Waals surface area contributed by atoms with E-state index in [9.17, 15) is 13.6 Å². The minimum Gasteiger partial charge on any atom is -0.465 e. The van der Waals surface area contributed by atoms with Crippen LogP contribution in [0.2, 0.25) is 0 Å². The number of carbonyl (C=O) groups excluding carboxylic acids is 1. The van der Waals surface area contributed by atoms with Gasteiger partial charge in [0.2, 0.25) is 0 Å². The van der Waals surface area contributed by atoms with Crippen LogP contribution in [0.3, 0.4) is 0 Å². The Morgan fingerprint density at radius 1 is 1.35 bits per heavy atom. The molecule has 0 aromatic heterocycles. The number of hydrogen-bond acceptors (Lipinski definition) is 3. The average Bonchev–Trinajstić information content (AvgIpc) is 2.46. The number of methoxy groups -OCH3 is 1. The van der Waals surface area contributed by atoms with Crippen molar-refractivity contribution in [1.29, 1.82) is 0 Å². The summed E-state index contributed by atoms with van der Waals surface area (Å²) < 4.78 is 31.6. The summed E-state index contributed by atoms with van der Waals surface area (Å²) in [5.41, 5.74) is -0.138. The van der Waals surface area contributed by atoms with Crippen LogP contribution in [0.4, 0.5) is 14.5 Å². The summed E-state index contributed by atoms with van der Waals surface area (Å²) in [6, 6.07) is 1.87. The molecule has 0 radical (unpaired) electrons. The number of anilines is 1. The van der Waals surface area contributed by atoms with E-state index < -0.39 is 17.6 Å². The SMILES string of the molecule is COC(=O)c1cc(NCC2CC=CCC2)c(F)cc1F. The van der Waals surface area contributed by atoms with E-state index in [1.165, 1.54) is 0 Å². The zero-order valence-electron chi connectivity index (χ0n) is 11.3. The molecule has 3 nitrogen and oxygen atoms in total. The molecule has 0 spiro atoms. The maximum absolute atomic E-state index is 13.7.